The number of benzene rings is 1. The van der Waals surface area contributed by atoms with Crippen molar-refractivity contribution >= 4 is 22.8 Å². The van der Waals surface area contributed by atoms with Crippen LogP contribution in [-0.4, -0.2) is 38.9 Å². The van der Waals surface area contributed by atoms with Crippen molar-refractivity contribution in [3.63, 3.8) is 0 Å². The number of rotatable bonds is 4. The monoisotopic (exact) mass is 336 g/mol. The summed E-state index contributed by atoms with van der Waals surface area (Å²) in [5.41, 5.74) is 7.85. The van der Waals surface area contributed by atoms with Crippen molar-refractivity contribution in [1.29, 1.82) is 0 Å². The summed E-state index contributed by atoms with van der Waals surface area (Å²) in [6, 6.07) is 10.9. The summed E-state index contributed by atoms with van der Waals surface area (Å²) >= 11 is 0. The molecule has 3 heterocycles. The Morgan fingerprint density at radius 1 is 1.24 bits per heavy atom. The topological polar surface area (TPSA) is 102 Å². The molecule has 4 N–H and O–H groups in total. The number of H-pyrrole nitrogens is 1. The smallest absolute Gasteiger partial charge is 0.224 e. The van der Waals surface area contributed by atoms with Gasteiger partial charge in [0.2, 0.25) is 5.95 Å². The van der Waals surface area contributed by atoms with Crippen molar-refractivity contribution in [3.05, 3.63) is 42.1 Å². The van der Waals surface area contributed by atoms with Gasteiger partial charge in [0.25, 0.3) is 0 Å². The molecule has 4 atom stereocenters. The van der Waals surface area contributed by atoms with Gasteiger partial charge in [-0.05, 0) is 18.4 Å². The Labute approximate surface area is 145 Å². The van der Waals surface area contributed by atoms with E-state index in [1.165, 1.54) is 5.56 Å². The van der Waals surface area contributed by atoms with Gasteiger partial charge in [-0.2, -0.15) is 15.1 Å². The number of hydrogen-bond acceptors (Lipinski definition) is 6. The predicted molar refractivity (Wildman–Crippen MR) is 95.0 cm³/mol. The number of nitrogens with zero attached hydrogens (tertiary/aromatic N) is 3. The number of hydrogen-bond donors (Lipinski definition) is 3. The molecule has 0 spiro atoms. The van der Waals surface area contributed by atoms with E-state index >= 15 is 0 Å². The van der Waals surface area contributed by atoms with Gasteiger partial charge in [0.15, 0.2) is 5.65 Å². The van der Waals surface area contributed by atoms with Crippen LogP contribution in [0.4, 0.5) is 11.8 Å². The van der Waals surface area contributed by atoms with Crippen LogP contribution in [0.15, 0.2) is 36.5 Å². The van der Waals surface area contributed by atoms with Crippen molar-refractivity contribution < 1.29 is 4.74 Å². The highest BCUT2D eigenvalue weighted by atomic mass is 16.5. The number of aromatic amines is 1. The van der Waals surface area contributed by atoms with Crippen molar-refractivity contribution in [2.75, 3.05) is 17.7 Å². The van der Waals surface area contributed by atoms with Gasteiger partial charge in [-0.15, -0.1) is 0 Å². The van der Waals surface area contributed by atoms with Gasteiger partial charge in [-0.1, -0.05) is 30.3 Å². The Balaban J connectivity index is 1.43. The molecule has 1 aromatic carbocycles. The SMILES string of the molecule is Nc1nc(N[C@@H]2[C@@H](Cc3ccccc3)[C@H]3OCC[C@@H]23)c2cn[nH]c2n1. The molecular weight excluding hydrogens is 316 g/mol. The lowest BCUT2D eigenvalue weighted by Gasteiger charge is -2.48. The fourth-order valence-electron chi connectivity index (χ4n) is 4.29. The zero-order chi connectivity index (χ0) is 16.8. The molecule has 2 fully saturated rings. The normalized spacial score (nSPS) is 27.8. The van der Waals surface area contributed by atoms with Gasteiger partial charge in [0.1, 0.15) is 5.82 Å². The number of fused-ring (bicyclic) bond motifs is 2. The average Bonchev–Trinajstić information content (AvgIpc) is 3.25. The van der Waals surface area contributed by atoms with Crippen LogP contribution in [0.5, 0.6) is 0 Å². The molecule has 2 aromatic heterocycles. The van der Waals surface area contributed by atoms with Crippen molar-refractivity contribution in [3.8, 4) is 0 Å². The second kappa shape index (κ2) is 5.70. The third-order valence-electron chi connectivity index (χ3n) is 5.47. The third-order valence-corrected chi connectivity index (χ3v) is 5.47. The van der Waals surface area contributed by atoms with E-state index in [2.05, 4.69) is 49.7 Å². The second-order valence-corrected chi connectivity index (χ2v) is 6.87. The molecule has 0 bridgehead atoms. The molecule has 0 amide bonds. The molecule has 1 saturated heterocycles. The molecule has 0 radical (unpaired) electrons. The number of aromatic nitrogens is 4. The second-order valence-electron chi connectivity index (χ2n) is 6.87. The first kappa shape index (κ1) is 14.7. The van der Waals surface area contributed by atoms with Gasteiger partial charge >= 0.3 is 0 Å². The van der Waals surface area contributed by atoms with Gasteiger partial charge in [0.05, 0.1) is 17.7 Å². The predicted octanol–water partition coefficient (Wildman–Crippen LogP) is 1.99. The minimum atomic E-state index is 0.248. The highest BCUT2D eigenvalue weighted by Crippen LogP contribution is 2.46. The van der Waals surface area contributed by atoms with Crippen LogP contribution in [0, 0.1) is 11.8 Å². The van der Waals surface area contributed by atoms with E-state index in [0.717, 1.165) is 30.7 Å². The molecule has 0 unspecified atom stereocenters. The highest BCUT2D eigenvalue weighted by molar-refractivity contribution is 5.87. The Hall–Kier alpha value is -2.67. The fourth-order valence-corrected chi connectivity index (χ4v) is 4.29. The van der Waals surface area contributed by atoms with Gasteiger partial charge in [-0.25, -0.2) is 0 Å². The van der Waals surface area contributed by atoms with E-state index in [0.29, 0.717) is 29.6 Å². The molecule has 3 aromatic rings. The third kappa shape index (κ3) is 2.42. The zero-order valence-corrected chi connectivity index (χ0v) is 13.7. The van der Waals surface area contributed by atoms with Crippen LogP contribution in [-0.2, 0) is 11.2 Å². The first-order valence-electron chi connectivity index (χ1n) is 8.68. The van der Waals surface area contributed by atoms with Crippen LogP contribution in [0.1, 0.15) is 12.0 Å². The van der Waals surface area contributed by atoms with Gasteiger partial charge < -0.3 is 15.8 Å². The molecule has 7 heteroatoms. The average molecular weight is 336 g/mol. The Kier molecular flexibility index (Phi) is 3.34. The van der Waals surface area contributed by atoms with E-state index < -0.39 is 0 Å². The van der Waals surface area contributed by atoms with Gasteiger partial charge in [0, 0.05) is 24.5 Å². The molecule has 5 rings (SSSR count). The summed E-state index contributed by atoms with van der Waals surface area (Å²) in [6.45, 7) is 0.839. The van der Waals surface area contributed by atoms with Crippen LogP contribution in [0.3, 0.4) is 0 Å². The lowest BCUT2D eigenvalue weighted by atomic mass is 9.64. The largest absolute Gasteiger partial charge is 0.377 e. The summed E-state index contributed by atoms with van der Waals surface area (Å²) in [5, 5.41) is 11.4. The first-order valence-corrected chi connectivity index (χ1v) is 8.68. The lowest BCUT2D eigenvalue weighted by molar-refractivity contribution is -0.0364. The van der Waals surface area contributed by atoms with Crippen molar-refractivity contribution in [1.82, 2.24) is 20.2 Å². The Morgan fingerprint density at radius 3 is 3.00 bits per heavy atom. The maximum absolute atomic E-state index is 5.98. The van der Waals surface area contributed by atoms with Gasteiger partial charge in [-0.3, -0.25) is 5.10 Å². The summed E-state index contributed by atoms with van der Waals surface area (Å²) in [7, 11) is 0. The van der Waals surface area contributed by atoms with E-state index in [9.17, 15) is 0 Å². The molecule has 1 saturated carbocycles. The van der Waals surface area contributed by atoms with Crippen LogP contribution < -0.4 is 11.1 Å². The number of nitrogens with one attached hydrogen (secondary N) is 2. The zero-order valence-electron chi connectivity index (χ0n) is 13.7. The number of anilines is 2. The quantitative estimate of drug-likeness (QED) is 0.673. The van der Waals surface area contributed by atoms with E-state index in [4.69, 9.17) is 10.5 Å². The minimum Gasteiger partial charge on any atom is -0.377 e. The summed E-state index contributed by atoms with van der Waals surface area (Å²) < 4.78 is 5.98. The lowest BCUT2D eigenvalue weighted by Crippen LogP contribution is -2.58. The summed E-state index contributed by atoms with van der Waals surface area (Å²) in [5.74, 6) is 1.95. The standard InChI is InChI=1S/C18H20N6O/c19-18-22-16(13-9-20-24-17(13)23-18)21-14-11-6-7-25-15(11)12(14)8-10-4-2-1-3-5-10/h1-5,9,11-12,14-15H,6-8H2,(H4,19,20,21,22,23,24)/t11-,12+,14-,15-/m0/s1. The summed E-state index contributed by atoms with van der Waals surface area (Å²) in [4.78, 5) is 8.59. The van der Waals surface area contributed by atoms with E-state index in [1.807, 2.05) is 6.07 Å². The van der Waals surface area contributed by atoms with Crippen LogP contribution in [0.2, 0.25) is 0 Å². The minimum absolute atomic E-state index is 0.248. The van der Waals surface area contributed by atoms with Crippen molar-refractivity contribution in [2.24, 2.45) is 11.8 Å². The fraction of sp³-hybridized carbons (Fsp3) is 0.389. The first-order chi connectivity index (χ1) is 12.3. The maximum atomic E-state index is 5.98. The molecule has 128 valence electrons. The molecule has 1 aliphatic carbocycles. The van der Waals surface area contributed by atoms with E-state index in [-0.39, 0.29) is 5.95 Å². The van der Waals surface area contributed by atoms with E-state index in [1.54, 1.807) is 6.20 Å². The molecule has 25 heavy (non-hydrogen) atoms. The summed E-state index contributed by atoms with van der Waals surface area (Å²) in [6.07, 6.45) is 4.15. The number of nitrogens with two attached hydrogens (primary N) is 1. The molecule has 7 nitrogen and oxygen atoms in total. The van der Waals surface area contributed by atoms with Crippen LogP contribution in [0.25, 0.3) is 11.0 Å². The number of nitrogen functional groups attached to an aromatic ring is 1. The Morgan fingerprint density at radius 2 is 2.12 bits per heavy atom. The molecule has 1 aliphatic heterocycles. The van der Waals surface area contributed by atoms with Crippen molar-refractivity contribution in [2.45, 2.75) is 25.0 Å². The Bertz CT molecular complexity index is 895. The maximum Gasteiger partial charge on any atom is 0.224 e. The van der Waals surface area contributed by atoms with Crippen LogP contribution >= 0.6 is 0 Å². The highest BCUT2D eigenvalue weighted by Gasteiger charge is 2.53. The molecular formula is C18H20N6O. The number of ether oxygens (including phenoxy) is 1. The molecule has 2 aliphatic rings.